The molecule has 0 aliphatic rings. The van der Waals surface area contributed by atoms with Gasteiger partial charge < -0.3 is 9.84 Å². The molecule has 0 saturated carbocycles. The SMILES string of the molecule is CC(Oc1c(Cl)cc(C=C(C#N)C#N)cc1Cl)C(=O)O. The molecular formula is C13H8Cl2N2O3. The number of carbonyl (C=O) groups is 1. The largest absolute Gasteiger partial charge is 0.479 e. The number of hydrogen-bond donors (Lipinski definition) is 1. The molecule has 1 aromatic rings. The number of nitrogens with zero attached hydrogens (tertiary/aromatic N) is 2. The average molecular weight is 311 g/mol. The van der Waals surface area contributed by atoms with E-state index >= 15 is 0 Å². The van der Waals surface area contributed by atoms with E-state index in [1.54, 1.807) is 12.1 Å². The fraction of sp³-hybridized carbons (Fsp3) is 0.154. The maximum atomic E-state index is 10.7. The van der Waals surface area contributed by atoms with Gasteiger partial charge in [-0.2, -0.15) is 10.5 Å². The van der Waals surface area contributed by atoms with Crippen molar-refractivity contribution in [3.8, 4) is 17.9 Å². The van der Waals surface area contributed by atoms with Gasteiger partial charge in [0, 0.05) is 0 Å². The number of aliphatic carboxylic acids is 1. The van der Waals surface area contributed by atoms with Gasteiger partial charge in [0.05, 0.1) is 10.0 Å². The van der Waals surface area contributed by atoms with Crippen LogP contribution < -0.4 is 4.74 Å². The second-order valence-electron chi connectivity index (χ2n) is 3.69. The third kappa shape index (κ3) is 3.89. The van der Waals surface area contributed by atoms with Gasteiger partial charge in [0.25, 0.3) is 0 Å². The average Bonchev–Trinajstić information content (AvgIpc) is 2.39. The summed E-state index contributed by atoms with van der Waals surface area (Å²) in [5.74, 6) is -1.12. The van der Waals surface area contributed by atoms with Crippen LogP contribution in [0, 0.1) is 22.7 Å². The molecule has 0 bridgehead atoms. The molecular weight excluding hydrogens is 303 g/mol. The first kappa shape index (κ1) is 15.8. The smallest absolute Gasteiger partial charge is 0.344 e. The summed E-state index contributed by atoms with van der Waals surface area (Å²) < 4.78 is 5.14. The van der Waals surface area contributed by atoms with Crippen LogP contribution in [0.2, 0.25) is 10.0 Å². The van der Waals surface area contributed by atoms with Gasteiger partial charge in [-0.25, -0.2) is 4.79 Å². The fourth-order valence-electron chi connectivity index (χ4n) is 1.26. The summed E-state index contributed by atoms with van der Waals surface area (Å²) in [7, 11) is 0. The van der Waals surface area contributed by atoms with E-state index in [2.05, 4.69) is 0 Å². The lowest BCUT2D eigenvalue weighted by Crippen LogP contribution is -2.23. The van der Waals surface area contributed by atoms with Gasteiger partial charge >= 0.3 is 5.97 Å². The summed E-state index contributed by atoms with van der Waals surface area (Å²) in [6, 6.07) is 6.26. The molecule has 1 atom stereocenters. The Kier molecular flexibility index (Phi) is 5.40. The van der Waals surface area contributed by atoms with Crippen LogP contribution in [0.3, 0.4) is 0 Å². The fourth-order valence-corrected chi connectivity index (χ4v) is 1.85. The van der Waals surface area contributed by atoms with Crippen LogP contribution in [0.4, 0.5) is 0 Å². The van der Waals surface area contributed by atoms with E-state index in [9.17, 15) is 4.79 Å². The number of carboxylic acids is 1. The first-order chi connectivity index (χ1) is 9.38. The third-order valence-corrected chi connectivity index (χ3v) is 2.78. The molecule has 102 valence electrons. The molecule has 20 heavy (non-hydrogen) atoms. The predicted molar refractivity (Wildman–Crippen MR) is 73.4 cm³/mol. The van der Waals surface area contributed by atoms with E-state index in [-0.39, 0.29) is 21.4 Å². The van der Waals surface area contributed by atoms with Gasteiger partial charge in [0.2, 0.25) is 0 Å². The molecule has 1 unspecified atom stereocenters. The number of benzene rings is 1. The molecule has 7 heteroatoms. The number of halogens is 2. The maximum absolute atomic E-state index is 10.7. The molecule has 0 amide bonds. The first-order valence-corrected chi connectivity index (χ1v) is 6.05. The normalized spacial score (nSPS) is 10.8. The zero-order valence-corrected chi connectivity index (χ0v) is 11.7. The topological polar surface area (TPSA) is 94.1 Å². The van der Waals surface area contributed by atoms with Crippen molar-refractivity contribution in [2.45, 2.75) is 13.0 Å². The Labute approximate surface area is 125 Å². The van der Waals surface area contributed by atoms with Crippen molar-refractivity contribution in [1.29, 1.82) is 10.5 Å². The highest BCUT2D eigenvalue weighted by molar-refractivity contribution is 6.37. The minimum atomic E-state index is -1.16. The Balaban J connectivity index is 3.17. The van der Waals surface area contributed by atoms with Gasteiger partial charge in [-0.3, -0.25) is 0 Å². The number of nitriles is 2. The molecule has 0 heterocycles. The third-order valence-electron chi connectivity index (χ3n) is 2.21. The highest BCUT2D eigenvalue weighted by Gasteiger charge is 2.17. The molecule has 0 saturated heterocycles. The van der Waals surface area contributed by atoms with E-state index in [4.69, 9.17) is 43.6 Å². The van der Waals surface area contributed by atoms with Crippen LogP contribution in [0.5, 0.6) is 5.75 Å². The Morgan fingerprint density at radius 1 is 1.35 bits per heavy atom. The second kappa shape index (κ2) is 6.81. The van der Waals surface area contributed by atoms with Crippen molar-refractivity contribution in [2.24, 2.45) is 0 Å². The lowest BCUT2D eigenvalue weighted by atomic mass is 10.1. The van der Waals surface area contributed by atoms with E-state index < -0.39 is 12.1 Å². The quantitative estimate of drug-likeness (QED) is 0.861. The summed E-state index contributed by atoms with van der Waals surface area (Å²) in [4.78, 5) is 10.7. The van der Waals surface area contributed by atoms with Crippen molar-refractivity contribution in [2.75, 3.05) is 0 Å². The van der Waals surface area contributed by atoms with Crippen LogP contribution >= 0.6 is 23.2 Å². The van der Waals surface area contributed by atoms with Gasteiger partial charge in [0.15, 0.2) is 11.9 Å². The molecule has 0 radical (unpaired) electrons. The predicted octanol–water partition coefficient (Wildman–Crippen LogP) is 3.28. The van der Waals surface area contributed by atoms with Crippen molar-refractivity contribution in [1.82, 2.24) is 0 Å². The van der Waals surface area contributed by atoms with Crippen LogP contribution in [0.1, 0.15) is 12.5 Å². The maximum Gasteiger partial charge on any atom is 0.344 e. The lowest BCUT2D eigenvalue weighted by molar-refractivity contribution is -0.144. The minimum Gasteiger partial charge on any atom is -0.479 e. The van der Waals surface area contributed by atoms with Gasteiger partial charge in [-0.05, 0) is 30.7 Å². The second-order valence-corrected chi connectivity index (χ2v) is 4.51. The molecule has 0 aliphatic heterocycles. The summed E-state index contributed by atoms with van der Waals surface area (Å²) in [6.07, 6.45) is 0.197. The molecule has 1 N–H and O–H groups in total. The van der Waals surface area contributed by atoms with Crippen molar-refractivity contribution in [3.63, 3.8) is 0 Å². The summed E-state index contributed by atoms with van der Waals surface area (Å²) in [6.45, 7) is 1.34. The molecule has 0 spiro atoms. The number of carboxylic acid groups (broad SMARTS) is 1. The van der Waals surface area contributed by atoms with E-state index in [1.807, 2.05) is 0 Å². The molecule has 1 aromatic carbocycles. The van der Waals surface area contributed by atoms with E-state index in [0.29, 0.717) is 5.56 Å². The summed E-state index contributed by atoms with van der Waals surface area (Å²) >= 11 is 11.9. The zero-order valence-electron chi connectivity index (χ0n) is 10.2. The Morgan fingerprint density at radius 3 is 2.25 bits per heavy atom. The minimum absolute atomic E-state index is 0.0378. The highest BCUT2D eigenvalue weighted by atomic mass is 35.5. The Hall–Kier alpha value is -2.21. The number of hydrogen-bond acceptors (Lipinski definition) is 4. The summed E-state index contributed by atoms with van der Waals surface area (Å²) in [5.41, 5.74) is 0.332. The number of allylic oxidation sites excluding steroid dienone is 1. The highest BCUT2D eigenvalue weighted by Crippen LogP contribution is 2.35. The lowest BCUT2D eigenvalue weighted by Gasteiger charge is -2.13. The molecule has 0 aromatic heterocycles. The van der Waals surface area contributed by atoms with Crippen LogP contribution in [-0.4, -0.2) is 17.2 Å². The van der Waals surface area contributed by atoms with E-state index in [1.165, 1.54) is 25.1 Å². The van der Waals surface area contributed by atoms with Crippen LogP contribution in [0.25, 0.3) is 6.08 Å². The first-order valence-electron chi connectivity index (χ1n) is 5.29. The molecule has 5 nitrogen and oxygen atoms in total. The monoisotopic (exact) mass is 310 g/mol. The van der Waals surface area contributed by atoms with Crippen molar-refractivity contribution in [3.05, 3.63) is 33.3 Å². The van der Waals surface area contributed by atoms with Gasteiger partial charge in [0.1, 0.15) is 17.7 Å². The van der Waals surface area contributed by atoms with Crippen LogP contribution in [-0.2, 0) is 4.79 Å². The number of ether oxygens (including phenoxy) is 1. The van der Waals surface area contributed by atoms with Gasteiger partial charge in [-0.15, -0.1) is 0 Å². The van der Waals surface area contributed by atoms with E-state index in [0.717, 1.165) is 0 Å². The van der Waals surface area contributed by atoms with Gasteiger partial charge in [-0.1, -0.05) is 23.2 Å². The zero-order chi connectivity index (χ0) is 15.3. The van der Waals surface area contributed by atoms with Crippen molar-refractivity contribution >= 4 is 35.2 Å². The molecule has 0 aliphatic carbocycles. The standard InChI is InChI=1S/C13H8Cl2N2O3/c1-7(13(18)19)20-12-10(14)3-8(4-11(12)15)2-9(5-16)6-17/h2-4,7H,1H3,(H,18,19). The van der Waals surface area contributed by atoms with Crippen LogP contribution in [0.15, 0.2) is 17.7 Å². The van der Waals surface area contributed by atoms with Crippen molar-refractivity contribution < 1.29 is 14.6 Å². The Bertz CT molecular complexity index is 618. The molecule has 0 fully saturated rings. The summed E-state index contributed by atoms with van der Waals surface area (Å²) in [5, 5.41) is 26.3. The Morgan fingerprint density at radius 2 is 1.85 bits per heavy atom. The molecule has 1 rings (SSSR count). The number of rotatable bonds is 4.